The summed E-state index contributed by atoms with van der Waals surface area (Å²) in [6, 6.07) is 7.30. The highest BCUT2D eigenvalue weighted by atomic mass is 16.3. The third kappa shape index (κ3) is 2.56. The van der Waals surface area contributed by atoms with Crippen LogP contribution in [0.25, 0.3) is 5.57 Å². The molecule has 1 aromatic carbocycles. The smallest absolute Gasteiger partial charge is 0.205 e. The number of hydrogen-bond acceptors (Lipinski definition) is 4. The molecule has 0 heterocycles. The van der Waals surface area contributed by atoms with Crippen LogP contribution in [0.4, 0.5) is 0 Å². The zero-order valence-corrected chi connectivity index (χ0v) is 12.1. The monoisotopic (exact) mass is 298 g/mol. The minimum Gasteiger partial charge on any atom is -0.386 e. The van der Waals surface area contributed by atoms with Gasteiger partial charge in [-0.1, -0.05) is 42.5 Å². The molecule has 0 saturated heterocycles. The summed E-state index contributed by atoms with van der Waals surface area (Å²) in [6.07, 6.45) is 4.63. The number of Topliss-reactive ketones (excluding diaryl/α,β-unsaturated/α-hetero) is 2. The first kappa shape index (κ1) is 14.9. The first-order chi connectivity index (χ1) is 10.6. The van der Waals surface area contributed by atoms with Gasteiger partial charge >= 0.3 is 0 Å². The summed E-state index contributed by atoms with van der Waals surface area (Å²) in [7, 11) is 0. The lowest BCUT2D eigenvalue weighted by Crippen LogP contribution is -2.30. The van der Waals surface area contributed by atoms with Gasteiger partial charge in [0, 0.05) is 6.42 Å². The Morgan fingerprint density at radius 3 is 2.68 bits per heavy atom. The van der Waals surface area contributed by atoms with Crippen LogP contribution in [0.2, 0.25) is 0 Å². The summed E-state index contributed by atoms with van der Waals surface area (Å²) >= 11 is 0. The Labute approximate surface area is 128 Å². The van der Waals surface area contributed by atoms with E-state index in [1.165, 1.54) is 6.08 Å². The third-order valence-electron chi connectivity index (χ3n) is 4.36. The van der Waals surface area contributed by atoms with Crippen molar-refractivity contribution >= 4 is 17.1 Å². The lowest BCUT2D eigenvalue weighted by Gasteiger charge is -2.27. The Balaban J connectivity index is 2.04. The van der Waals surface area contributed by atoms with E-state index in [4.69, 9.17) is 0 Å². The molecule has 22 heavy (non-hydrogen) atoms. The lowest BCUT2D eigenvalue weighted by atomic mass is 9.78. The van der Waals surface area contributed by atoms with Gasteiger partial charge in [-0.3, -0.25) is 9.59 Å². The average Bonchev–Trinajstić information content (AvgIpc) is 2.53. The van der Waals surface area contributed by atoms with Crippen molar-refractivity contribution in [3.05, 3.63) is 53.6 Å². The van der Waals surface area contributed by atoms with Gasteiger partial charge in [0.05, 0.1) is 5.92 Å². The number of benzene rings is 1. The fraction of sp³-hybridized carbons (Fsp3) is 0.333. The van der Waals surface area contributed by atoms with Gasteiger partial charge in [-0.05, 0) is 29.5 Å². The molecule has 0 bridgehead atoms. The highest BCUT2D eigenvalue weighted by Gasteiger charge is 2.33. The van der Waals surface area contributed by atoms with E-state index in [0.29, 0.717) is 24.8 Å². The molecule has 0 radical (unpaired) electrons. The van der Waals surface area contributed by atoms with Gasteiger partial charge in [0.25, 0.3) is 0 Å². The summed E-state index contributed by atoms with van der Waals surface area (Å²) in [4.78, 5) is 23.9. The molecule has 4 nitrogen and oxygen atoms in total. The van der Waals surface area contributed by atoms with E-state index >= 15 is 0 Å². The highest BCUT2D eigenvalue weighted by molar-refractivity contribution is 6.39. The second-order valence-electron chi connectivity index (χ2n) is 5.76. The molecule has 114 valence electrons. The number of aliphatic hydroxyl groups is 2. The van der Waals surface area contributed by atoms with Crippen molar-refractivity contribution < 1.29 is 19.8 Å². The predicted octanol–water partition coefficient (Wildman–Crippen LogP) is 1.77. The molecule has 1 aromatic rings. The minimum atomic E-state index is -1.03. The molecule has 0 aliphatic heterocycles. The predicted molar refractivity (Wildman–Crippen MR) is 82.2 cm³/mol. The Bertz CT molecular complexity index is 671. The molecule has 1 saturated carbocycles. The van der Waals surface area contributed by atoms with Crippen molar-refractivity contribution in [2.45, 2.75) is 37.4 Å². The Kier molecular flexibility index (Phi) is 4.05. The van der Waals surface area contributed by atoms with Crippen LogP contribution in [-0.4, -0.2) is 34.0 Å². The van der Waals surface area contributed by atoms with E-state index in [-0.39, 0.29) is 11.6 Å². The van der Waals surface area contributed by atoms with E-state index in [0.717, 1.165) is 11.1 Å². The number of ketones is 2. The maximum Gasteiger partial charge on any atom is 0.205 e. The van der Waals surface area contributed by atoms with E-state index in [9.17, 15) is 19.8 Å². The van der Waals surface area contributed by atoms with Crippen molar-refractivity contribution in [3.8, 4) is 0 Å². The largest absolute Gasteiger partial charge is 0.386 e. The van der Waals surface area contributed by atoms with Crippen molar-refractivity contribution in [1.29, 1.82) is 0 Å². The molecule has 3 rings (SSSR count). The standard InChI is InChI=1S/C18H18O4/c19-15-9-3-7-13(17(15)21)11-5-1-2-6-12(11)14-8-4-10-16(20)18(14)22/h1-3,5-7,9,14-15,17,19,21H,4,8,10H2/t14?,15-,17+/m1/s1. The number of carbonyl (C=O) groups is 2. The number of carbonyl (C=O) groups excluding carboxylic acids is 2. The molecule has 1 fully saturated rings. The van der Waals surface area contributed by atoms with Crippen LogP contribution in [0, 0.1) is 0 Å². The molecular weight excluding hydrogens is 280 g/mol. The van der Waals surface area contributed by atoms with Gasteiger partial charge in [-0.15, -0.1) is 0 Å². The summed E-state index contributed by atoms with van der Waals surface area (Å²) in [6.45, 7) is 0. The van der Waals surface area contributed by atoms with Gasteiger partial charge in [0.1, 0.15) is 12.2 Å². The molecular formula is C18H18O4. The van der Waals surface area contributed by atoms with Crippen LogP contribution >= 0.6 is 0 Å². The topological polar surface area (TPSA) is 74.6 Å². The maximum absolute atomic E-state index is 12.2. The average molecular weight is 298 g/mol. The molecule has 0 spiro atoms. The number of hydrogen-bond donors (Lipinski definition) is 2. The van der Waals surface area contributed by atoms with Gasteiger partial charge in [-0.25, -0.2) is 0 Å². The van der Waals surface area contributed by atoms with Crippen LogP contribution < -0.4 is 0 Å². The zero-order valence-electron chi connectivity index (χ0n) is 12.1. The second-order valence-corrected chi connectivity index (χ2v) is 5.76. The van der Waals surface area contributed by atoms with E-state index in [2.05, 4.69) is 0 Å². The van der Waals surface area contributed by atoms with Crippen molar-refractivity contribution in [1.82, 2.24) is 0 Å². The van der Waals surface area contributed by atoms with Crippen LogP contribution in [0.5, 0.6) is 0 Å². The van der Waals surface area contributed by atoms with Crippen LogP contribution in [0.1, 0.15) is 36.3 Å². The molecule has 2 N–H and O–H groups in total. The second kappa shape index (κ2) is 5.99. The third-order valence-corrected chi connectivity index (χ3v) is 4.36. The van der Waals surface area contributed by atoms with Crippen molar-refractivity contribution in [3.63, 3.8) is 0 Å². The van der Waals surface area contributed by atoms with Gasteiger partial charge in [-0.2, -0.15) is 0 Å². The summed E-state index contributed by atoms with van der Waals surface area (Å²) < 4.78 is 0. The van der Waals surface area contributed by atoms with Gasteiger partial charge in [0.2, 0.25) is 5.78 Å². The van der Waals surface area contributed by atoms with E-state index in [1.807, 2.05) is 24.3 Å². The molecule has 2 aliphatic carbocycles. The molecule has 1 unspecified atom stereocenters. The van der Waals surface area contributed by atoms with E-state index < -0.39 is 18.1 Å². The SMILES string of the molecule is O=C1CCCC(c2ccccc2C2=CC=C[C@@H](O)[C@H]2O)C1=O. The quantitative estimate of drug-likeness (QED) is 0.816. The number of aliphatic hydroxyl groups excluding tert-OH is 2. The molecule has 2 aliphatic rings. The molecule has 3 atom stereocenters. The first-order valence-corrected chi connectivity index (χ1v) is 7.50. The molecule has 4 heteroatoms. The maximum atomic E-state index is 12.2. The first-order valence-electron chi connectivity index (χ1n) is 7.50. The summed E-state index contributed by atoms with van der Waals surface area (Å²) in [5, 5.41) is 20.0. The molecule has 0 amide bonds. The van der Waals surface area contributed by atoms with Crippen LogP contribution in [0.15, 0.2) is 42.5 Å². The fourth-order valence-electron chi connectivity index (χ4n) is 3.19. The van der Waals surface area contributed by atoms with Gasteiger partial charge in [0.15, 0.2) is 5.78 Å². The van der Waals surface area contributed by atoms with Crippen molar-refractivity contribution in [2.24, 2.45) is 0 Å². The summed E-state index contributed by atoms with van der Waals surface area (Å²) in [5.41, 5.74) is 2.07. The van der Waals surface area contributed by atoms with Crippen LogP contribution in [-0.2, 0) is 9.59 Å². The molecule has 0 aromatic heterocycles. The fourth-order valence-corrected chi connectivity index (χ4v) is 3.19. The van der Waals surface area contributed by atoms with Gasteiger partial charge < -0.3 is 10.2 Å². The summed E-state index contributed by atoms with van der Waals surface area (Å²) in [5.74, 6) is -1.11. The Morgan fingerprint density at radius 1 is 1.09 bits per heavy atom. The van der Waals surface area contributed by atoms with Crippen LogP contribution in [0.3, 0.4) is 0 Å². The number of rotatable bonds is 2. The lowest BCUT2D eigenvalue weighted by molar-refractivity contribution is -0.139. The van der Waals surface area contributed by atoms with E-state index in [1.54, 1.807) is 12.2 Å². The highest BCUT2D eigenvalue weighted by Crippen LogP contribution is 2.35. The Hall–Kier alpha value is -2.04. The van der Waals surface area contributed by atoms with Crippen molar-refractivity contribution in [2.75, 3.05) is 0 Å². The minimum absolute atomic E-state index is 0.316. The number of allylic oxidation sites excluding steroid dienone is 2. The normalized spacial score (nSPS) is 28.6. The zero-order chi connectivity index (χ0) is 15.7. The Morgan fingerprint density at radius 2 is 1.86 bits per heavy atom.